The molecule has 0 bridgehead atoms. The van der Waals surface area contributed by atoms with Crippen molar-refractivity contribution in [2.75, 3.05) is 13.1 Å². The number of aromatic nitrogens is 2. The van der Waals surface area contributed by atoms with Gasteiger partial charge in [0.1, 0.15) is 11.5 Å². The topological polar surface area (TPSA) is 62.1 Å². The summed E-state index contributed by atoms with van der Waals surface area (Å²) in [4.78, 5) is 14.7. The van der Waals surface area contributed by atoms with Crippen molar-refractivity contribution in [1.82, 2.24) is 15.1 Å². The van der Waals surface area contributed by atoms with Crippen molar-refractivity contribution in [2.45, 2.75) is 25.7 Å². The molecular formula is C20H21N3O2. The number of amides is 1. The van der Waals surface area contributed by atoms with E-state index in [1.807, 2.05) is 54.3 Å². The molecule has 0 aliphatic carbocycles. The first-order chi connectivity index (χ1) is 12.2. The average Bonchev–Trinajstić information content (AvgIpc) is 3.33. The molecule has 25 heavy (non-hydrogen) atoms. The zero-order valence-corrected chi connectivity index (χ0v) is 14.2. The summed E-state index contributed by atoms with van der Waals surface area (Å²) in [5.74, 6) is 2.29. The van der Waals surface area contributed by atoms with Gasteiger partial charge in [0, 0.05) is 42.0 Å². The van der Waals surface area contributed by atoms with Crippen molar-refractivity contribution in [2.24, 2.45) is 0 Å². The van der Waals surface area contributed by atoms with Gasteiger partial charge in [-0.05, 0) is 50.1 Å². The number of aromatic amines is 1. The summed E-state index contributed by atoms with van der Waals surface area (Å²) in [6, 6.07) is 13.6. The maximum Gasteiger partial charge on any atom is 0.253 e. The molecule has 1 aromatic carbocycles. The Hall–Kier alpha value is -2.82. The highest BCUT2D eigenvalue weighted by Crippen LogP contribution is 2.27. The lowest BCUT2D eigenvalue weighted by Gasteiger charge is -2.31. The van der Waals surface area contributed by atoms with Crippen LogP contribution in [0, 0.1) is 6.92 Å². The molecule has 0 spiro atoms. The third kappa shape index (κ3) is 3.22. The van der Waals surface area contributed by atoms with Crippen LogP contribution < -0.4 is 0 Å². The maximum absolute atomic E-state index is 12.7. The molecule has 128 valence electrons. The minimum absolute atomic E-state index is 0.102. The van der Waals surface area contributed by atoms with Gasteiger partial charge in [-0.1, -0.05) is 12.1 Å². The van der Waals surface area contributed by atoms with Gasteiger partial charge in [0.2, 0.25) is 0 Å². The molecule has 1 saturated heterocycles. The van der Waals surface area contributed by atoms with Crippen LogP contribution in [-0.4, -0.2) is 34.1 Å². The van der Waals surface area contributed by atoms with Crippen LogP contribution in [0.2, 0.25) is 0 Å². The van der Waals surface area contributed by atoms with Gasteiger partial charge >= 0.3 is 0 Å². The molecule has 2 aromatic heterocycles. The Bertz CT molecular complexity index is 841. The zero-order chi connectivity index (χ0) is 17.2. The Morgan fingerprint density at radius 3 is 2.48 bits per heavy atom. The number of nitrogens with one attached hydrogen (secondary N) is 1. The van der Waals surface area contributed by atoms with Gasteiger partial charge in [-0.3, -0.25) is 9.89 Å². The van der Waals surface area contributed by atoms with Crippen LogP contribution in [0.4, 0.5) is 0 Å². The zero-order valence-electron chi connectivity index (χ0n) is 14.2. The SMILES string of the molecule is Cc1ccc(-c2ccc(C(=O)N3CCC(c4ccn[nH]4)CC3)cc2)o1. The highest BCUT2D eigenvalue weighted by molar-refractivity contribution is 5.94. The van der Waals surface area contributed by atoms with Gasteiger partial charge in [-0.25, -0.2) is 0 Å². The molecule has 5 heteroatoms. The highest BCUT2D eigenvalue weighted by Gasteiger charge is 2.25. The van der Waals surface area contributed by atoms with Gasteiger partial charge in [0.05, 0.1) is 0 Å². The number of piperidine rings is 1. The maximum atomic E-state index is 12.7. The first-order valence-corrected chi connectivity index (χ1v) is 8.66. The molecule has 0 saturated carbocycles. The van der Waals surface area contributed by atoms with Crippen molar-refractivity contribution in [3.8, 4) is 11.3 Å². The molecule has 0 unspecified atom stereocenters. The van der Waals surface area contributed by atoms with E-state index in [-0.39, 0.29) is 5.91 Å². The van der Waals surface area contributed by atoms with Crippen molar-refractivity contribution in [1.29, 1.82) is 0 Å². The van der Waals surface area contributed by atoms with Crippen LogP contribution in [-0.2, 0) is 0 Å². The molecule has 5 nitrogen and oxygen atoms in total. The van der Waals surface area contributed by atoms with E-state index in [1.54, 1.807) is 6.20 Å². The van der Waals surface area contributed by atoms with Crippen LogP contribution in [0.5, 0.6) is 0 Å². The number of carbonyl (C=O) groups is 1. The van der Waals surface area contributed by atoms with Gasteiger partial charge in [0.25, 0.3) is 5.91 Å². The summed E-state index contributed by atoms with van der Waals surface area (Å²) in [5.41, 5.74) is 2.89. The number of likely N-dealkylation sites (tertiary alicyclic amines) is 1. The standard InChI is InChI=1S/C20H21N3O2/c1-14-2-7-19(25-14)16-3-5-17(6-4-16)20(24)23-12-9-15(10-13-23)18-8-11-21-22-18/h2-8,11,15H,9-10,12-13H2,1H3,(H,21,22). The molecule has 1 fully saturated rings. The summed E-state index contributed by atoms with van der Waals surface area (Å²) in [6.07, 6.45) is 3.73. The van der Waals surface area contributed by atoms with Crippen molar-refractivity contribution in [3.05, 3.63) is 65.7 Å². The molecular weight excluding hydrogens is 314 g/mol. The molecule has 4 rings (SSSR count). The third-order valence-electron chi connectivity index (χ3n) is 4.90. The Morgan fingerprint density at radius 2 is 1.88 bits per heavy atom. The first kappa shape index (κ1) is 15.7. The predicted molar refractivity (Wildman–Crippen MR) is 95.3 cm³/mol. The lowest BCUT2D eigenvalue weighted by molar-refractivity contribution is 0.0712. The first-order valence-electron chi connectivity index (χ1n) is 8.66. The molecule has 3 aromatic rings. The van der Waals surface area contributed by atoms with Gasteiger partial charge in [-0.15, -0.1) is 0 Å². The highest BCUT2D eigenvalue weighted by atomic mass is 16.3. The number of rotatable bonds is 3. The summed E-state index contributed by atoms with van der Waals surface area (Å²) in [6.45, 7) is 3.48. The van der Waals surface area contributed by atoms with E-state index in [9.17, 15) is 4.79 Å². The number of furan rings is 1. The number of benzene rings is 1. The van der Waals surface area contributed by atoms with Gasteiger partial charge in [-0.2, -0.15) is 5.10 Å². The van der Waals surface area contributed by atoms with E-state index < -0.39 is 0 Å². The largest absolute Gasteiger partial charge is 0.461 e. The number of nitrogens with zero attached hydrogens (tertiary/aromatic N) is 2. The second-order valence-corrected chi connectivity index (χ2v) is 6.57. The van der Waals surface area contributed by atoms with Crippen LogP contribution in [0.1, 0.15) is 40.6 Å². The predicted octanol–water partition coefficient (Wildman–Crippen LogP) is 4.00. The molecule has 3 heterocycles. The number of carbonyl (C=O) groups excluding carboxylic acids is 1. The average molecular weight is 335 g/mol. The second kappa shape index (κ2) is 6.59. The summed E-state index contributed by atoms with van der Waals surface area (Å²) in [5, 5.41) is 7.06. The van der Waals surface area contributed by atoms with Gasteiger partial charge in [0.15, 0.2) is 0 Å². The van der Waals surface area contributed by atoms with Crippen LogP contribution >= 0.6 is 0 Å². The number of hydrogen-bond donors (Lipinski definition) is 1. The van der Waals surface area contributed by atoms with Crippen LogP contribution in [0.15, 0.2) is 53.1 Å². The summed E-state index contributed by atoms with van der Waals surface area (Å²) in [7, 11) is 0. The van der Waals surface area contributed by atoms with E-state index in [0.29, 0.717) is 5.92 Å². The minimum Gasteiger partial charge on any atom is -0.461 e. The number of hydrogen-bond acceptors (Lipinski definition) is 3. The number of aryl methyl sites for hydroxylation is 1. The fraction of sp³-hybridized carbons (Fsp3) is 0.300. The van der Waals surface area contributed by atoms with Gasteiger partial charge < -0.3 is 9.32 Å². The van der Waals surface area contributed by atoms with E-state index in [0.717, 1.165) is 48.6 Å². The van der Waals surface area contributed by atoms with E-state index in [4.69, 9.17) is 4.42 Å². The van der Waals surface area contributed by atoms with E-state index in [2.05, 4.69) is 10.2 Å². The summed E-state index contributed by atoms with van der Waals surface area (Å²) < 4.78 is 5.63. The van der Waals surface area contributed by atoms with E-state index in [1.165, 1.54) is 5.69 Å². The summed E-state index contributed by atoms with van der Waals surface area (Å²) >= 11 is 0. The lowest BCUT2D eigenvalue weighted by atomic mass is 9.93. The Morgan fingerprint density at radius 1 is 1.12 bits per heavy atom. The molecule has 0 atom stereocenters. The lowest BCUT2D eigenvalue weighted by Crippen LogP contribution is -2.38. The normalized spacial score (nSPS) is 15.5. The molecule has 1 aliphatic heterocycles. The Labute approximate surface area is 146 Å². The fourth-order valence-corrected chi connectivity index (χ4v) is 3.44. The second-order valence-electron chi connectivity index (χ2n) is 6.57. The van der Waals surface area contributed by atoms with Crippen molar-refractivity contribution >= 4 is 5.91 Å². The Kier molecular flexibility index (Phi) is 4.14. The van der Waals surface area contributed by atoms with Crippen LogP contribution in [0.3, 0.4) is 0 Å². The molecule has 1 aliphatic rings. The number of H-pyrrole nitrogens is 1. The minimum atomic E-state index is 0.102. The van der Waals surface area contributed by atoms with Crippen LogP contribution in [0.25, 0.3) is 11.3 Å². The third-order valence-corrected chi connectivity index (χ3v) is 4.90. The van der Waals surface area contributed by atoms with E-state index >= 15 is 0 Å². The molecule has 1 amide bonds. The molecule has 0 radical (unpaired) electrons. The smallest absolute Gasteiger partial charge is 0.253 e. The fourth-order valence-electron chi connectivity index (χ4n) is 3.44. The van der Waals surface area contributed by atoms with Crippen molar-refractivity contribution < 1.29 is 9.21 Å². The monoisotopic (exact) mass is 335 g/mol. The quantitative estimate of drug-likeness (QED) is 0.787. The Balaban J connectivity index is 1.41. The molecule has 1 N–H and O–H groups in total. The van der Waals surface area contributed by atoms with Crippen molar-refractivity contribution in [3.63, 3.8) is 0 Å².